The number of hydrogen-bond acceptors (Lipinski definition) is 4. The van der Waals surface area contributed by atoms with Crippen molar-refractivity contribution in [2.45, 2.75) is 26.1 Å². The van der Waals surface area contributed by atoms with Crippen LogP contribution in [0.1, 0.15) is 13.8 Å². The highest BCUT2D eigenvalue weighted by Crippen LogP contribution is 1.99. The van der Waals surface area contributed by atoms with E-state index >= 15 is 0 Å². The van der Waals surface area contributed by atoms with Crippen LogP contribution in [0.4, 0.5) is 0 Å². The summed E-state index contributed by atoms with van der Waals surface area (Å²) in [5, 5.41) is 20.0. The summed E-state index contributed by atoms with van der Waals surface area (Å²) in [6.45, 7) is 3.39. The highest BCUT2D eigenvalue weighted by atomic mass is 16.4. The van der Waals surface area contributed by atoms with Gasteiger partial charge in [-0.3, -0.25) is 10.1 Å². The number of hydrogen-bond donors (Lipinski definition) is 4. The van der Waals surface area contributed by atoms with Gasteiger partial charge in [-0.1, -0.05) is 6.92 Å². The van der Waals surface area contributed by atoms with Crippen LogP contribution in [0, 0.1) is 5.92 Å². The SMILES string of the molecule is CC(O)NCC(N)C(C)C(=O)O. The van der Waals surface area contributed by atoms with Gasteiger partial charge in [0.1, 0.15) is 6.23 Å². The summed E-state index contributed by atoms with van der Waals surface area (Å²) in [5.41, 5.74) is 5.51. The Hall–Kier alpha value is -0.650. The lowest BCUT2D eigenvalue weighted by atomic mass is 10.0. The third-order valence-electron chi connectivity index (χ3n) is 1.68. The van der Waals surface area contributed by atoms with Gasteiger partial charge in [0, 0.05) is 12.6 Å². The molecule has 12 heavy (non-hydrogen) atoms. The molecule has 0 aromatic carbocycles. The summed E-state index contributed by atoms with van der Waals surface area (Å²) in [6, 6.07) is -0.475. The Morgan fingerprint density at radius 3 is 2.42 bits per heavy atom. The van der Waals surface area contributed by atoms with Crippen LogP contribution in [0.3, 0.4) is 0 Å². The van der Waals surface area contributed by atoms with E-state index in [2.05, 4.69) is 5.32 Å². The maximum absolute atomic E-state index is 10.4. The molecule has 0 saturated heterocycles. The van der Waals surface area contributed by atoms with Gasteiger partial charge >= 0.3 is 5.97 Å². The fourth-order valence-electron chi connectivity index (χ4n) is 0.667. The molecule has 0 aromatic heterocycles. The van der Waals surface area contributed by atoms with Crippen molar-refractivity contribution in [2.75, 3.05) is 6.54 Å². The molecule has 72 valence electrons. The first-order valence-electron chi connectivity index (χ1n) is 3.85. The molecule has 0 radical (unpaired) electrons. The van der Waals surface area contributed by atoms with Crippen molar-refractivity contribution in [3.05, 3.63) is 0 Å². The summed E-state index contributed by atoms with van der Waals surface area (Å²) >= 11 is 0. The number of aliphatic hydroxyl groups is 1. The minimum atomic E-state index is -0.921. The van der Waals surface area contributed by atoms with Crippen LogP contribution in [0.2, 0.25) is 0 Å². The second-order valence-corrected chi connectivity index (χ2v) is 2.87. The van der Waals surface area contributed by atoms with Crippen LogP contribution in [0.15, 0.2) is 0 Å². The highest BCUT2D eigenvalue weighted by molar-refractivity contribution is 5.70. The van der Waals surface area contributed by atoms with Crippen LogP contribution >= 0.6 is 0 Å². The Morgan fingerprint density at radius 2 is 2.08 bits per heavy atom. The molecule has 5 nitrogen and oxygen atoms in total. The maximum atomic E-state index is 10.4. The van der Waals surface area contributed by atoms with E-state index in [0.717, 1.165) is 0 Å². The van der Waals surface area contributed by atoms with Crippen LogP contribution in [0.5, 0.6) is 0 Å². The first kappa shape index (κ1) is 11.4. The van der Waals surface area contributed by atoms with E-state index in [1.54, 1.807) is 6.92 Å². The van der Waals surface area contributed by atoms with Gasteiger partial charge in [0.25, 0.3) is 0 Å². The Labute approximate surface area is 71.6 Å². The Bertz CT molecular complexity index is 150. The predicted molar refractivity (Wildman–Crippen MR) is 44.5 cm³/mol. The Kier molecular flexibility index (Phi) is 4.80. The van der Waals surface area contributed by atoms with Crippen molar-refractivity contribution in [1.82, 2.24) is 5.32 Å². The van der Waals surface area contributed by atoms with E-state index in [0.29, 0.717) is 6.54 Å². The maximum Gasteiger partial charge on any atom is 0.307 e. The molecule has 0 aliphatic heterocycles. The van der Waals surface area contributed by atoms with Crippen molar-refractivity contribution in [2.24, 2.45) is 11.7 Å². The number of carbonyl (C=O) groups is 1. The van der Waals surface area contributed by atoms with Gasteiger partial charge in [-0.15, -0.1) is 0 Å². The van der Waals surface area contributed by atoms with Crippen molar-refractivity contribution >= 4 is 5.97 Å². The van der Waals surface area contributed by atoms with E-state index < -0.39 is 24.2 Å². The number of nitrogens with two attached hydrogens (primary N) is 1. The van der Waals surface area contributed by atoms with Crippen LogP contribution in [-0.4, -0.2) is 35.0 Å². The molecule has 0 fully saturated rings. The normalized spacial score (nSPS) is 18.3. The first-order valence-corrected chi connectivity index (χ1v) is 3.85. The average Bonchev–Trinajstić information content (AvgIpc) is 1.98. The monoisotopic (exact) mass is 176 g/mol. The van der Waals surface area contributed by atoms with Gasteiger partial charge in [-0.2, -0.15) is 0 Å². The number of rotatable bonds is 5. The zero-order chi connectivity index (χ0) is 9.72. The topological polar surface area (TPSA) is 95.6 Å². The Balaban J connectivity index is 3.71. The molecule has 5 N–H and O–H groups in total. The Morgan fingerprint density at radius 1 is 1.58 bits per heavy atom. The van der Waals surface area contributed by atoms with Crippen molar-refractivity contribution < 1.29 is 15.0 Å². The van der Waals surface area contributed by atoms with Gasteiger partial charge in [0.05, 0.1) is 5.92 Å². The molecule has 0 spiro atoms. The minimum absolute atomic E-state index is 0.297. The molecule has 0 aliphatic rings. The van der Waals surface area contributed by atoms with E-state index in [9.17, 15) is 4.79 Å². The molecule has 5 heteroatoms. The van der Waals surface area contributed by atoms with Crippen LogP contribution < -0.4 is 11.1 Å². The quantitative estimate of drug-likeness (QED) is 0.401. The third-order valence-corrected chi connectivity index (χ3v) is 1.68. The van der Waals surface area contributed by atoms with Crippen molar-refractivity contribution in [1.29, 1.82) is 0 Å². The van der Waals surface area contributed by atoms with Gasteiger partial charge in [-0.05, 0) is 6.92 Å². The summed E-state index contributed by atoms with van der Waals surface area (Å²) < 4.78 is 0. The molecule has 0 aromatic rings. The summed E-state index contributed by atoms with van der Waals surface area (Å²) in [4.78, 5) is 10.4. The minimum Gasteiger partial charge on any atom is -0.481 e. The molecule has 0 amide bonds. The zero-order valence-corrected chi connectivity index (χ0v) is 7.32. The molecule has 0 heterocycles. The largest absolute Gasteiger partial charge is 0.481 e. The van der Waals surface area contributed by atoms with E-state index in [-0.39, 0.29) is 0 Å². The van der Waals surface area contributed by atoms with Gasteiger partial charge in [-0.25, -0.2) is 0 Å². The average molecular weight is 176 g/mol. The first-order chi connectivity index (χ1) is 5.45. The molecular formula is C7H16N2O3. The number of aliphatic carboxylic acids is 1. The molecule has 0 bridgehead atoms. The predicted octanol–water partition coefficient (Wildman–Crippen LogP) is -1.04. The van der Waals surface area contributed by atoms with Gasteiger partial charge < -0.3 is 15.9 Å². The molecular weight excluding hydrogens is 160 g/mol. The lowest BCUT2D eigenvalue weighted by molar-refractivity contribution is -0.141. The third kappa shape index (κ3) is 4.27. The zero-order valence-electron chi connectivity index (χ0n) is 7.32. The van der Waals surface area contributed by atoms with E-state index in [1.165, 1.54) is 6.92 Å². The van der Waals surface area contributed by atoms with Crippen LogP contribution in [0.25, 0.3) is 0 Å². The number of aliphatic hydroxyl groups excluding tert-OH is 1. The molecule has 3 unspecified atom stereocenters. The van der Waals surface area contributed by atoms with Gasteiger partial charge in [0.15, 0.2) is 0 Å². The standard InChI is InChI=1S/C7H16N2O3/c1-4(7(11)12)6(8)3-9-5(2)10/h4-6,9-10H,3,8H2,1-2H3,(H,11,12). The van der Waals surface area contributed by atoms with Crippen molar-refractivity contribution in [3.8, 4) is 0 Å². The number of nitrogens with one attached hydrogen (secondary N) is 1. The van der Waals surface area contributed by atoms with E-state index in [4.69, 9.17) is 15.9 Å². The number of carboxylic acids is 1. The lowest BCUT2D eigenvalue weighted by Gasteiger charge is -2.17. The second-order valence-electron chi connectivity index (χ2n) is 2.87. The fourth-order valence-corrected chi connectivity index (χ4v) is 0.667. The summed E-state index contributed by atoms with van der Waals surface area (Å²) in [7, 11) is 0. The molecule has 3 atom stereocenters. The lowest BCUT2D eigenvalue weighted by Crippen LogP contribution is -2.44. The fraction of sp³-hybridized carbons (Fsp3) is 0.857. The van der Waals surface area contributed by atoms with Gasteiger partial charge in [0.2, 0.25) is 0 Å². The molecule has 0 saturated carbocycles. The smallest absolute Gasteiger partial charge is 0.307 e. The summed E-state index contributed by atoms with van der Waals surface area (Å²) in [5.74, 6) is -1.52. The molecule has 0 aliphatic carbocycles. The van der Waals surface area contributed by atoms with E-state index in [1.807, 2.05) is 0 Å². The van der Waals surface area contributed by atoms with Crippen molar-refractivity contribution in [3.63, 3.8) is 0 Å². The molecule has 0 rings (SSSR count). The number of carboxylic acid groups (broad SMARTS) is 1. The van der Waals surface area contributed by atoms with Crippen LogP contribution in [-0.2, 0) is 4.79 Å². The summed E-state index contributed by atoms with van der Waals surface area (Å²) in [6.07, 6.45) is -0.656. The highest BCUT2D eigenvalue weighted by Gasteiger charge is 2.19. The second kappa shape index (κ2) is 5.08.